The molecule has 0 bridgehead atoms. The van der Waals surface area contributed by atoms with Crippen LogP contribution >= 0.6 is 31.8 Å². The summed E-state index contributed by atoms with van der Waals surface area (Å²) in [5, 5.41) is 0. The molecule has 0 radical (unpaired) electrons. The Bertz CT molecular complexity index is 37.1. The molecule has 44 valence electrons. The maximum atomic E-state index is 2.80. The Morgan fingerprint density at radius 2 is 2.29 bits per heavy atom. The Balaban J connectivity index is 2.68. The van der Waals surface area contributed by atoms with Gasteiger partial charge in [0.25, 0.3) is 0 Å². The van der Waals surface area contributed by atoms with E-state index in [1.165, 1.54) is 17.3 Å². The fourth-order valence-corrected chi connectivity index (χ4v) is 1.08. The molecule has 0 saturated heterocycles. The highest BCUT2D eigenvalue weighted by atomic mass is 127. The van der Waals surface area contributed by atoms with Crippen molar-refractivity contribution in [2.45, 2.75) is 25.4 Å². The molecule has 0 aliphatic rings. The lowest BCUT2D eigenvalue weighted by Gasteiger charge is -1.98. The smallest absolute Gasteiger partial charge is 0.000451 e. The SMILES string of the molecule is CC(P)CCCI. The third kappa shape index (κ3) is 7.16. The van der Waals surface area contributed by atoms with Crippen LogP contribution in [0.1, 0.15) is 19.8 Å². The third-order valence-corrected chi connectivity index (χ3v) is 1.89. The molecule has 0 aromatic rings. The van der Waals surface area contributed by atoms with Gasteiger partial charge in [0, 0.05) is 0 Å². The number of alkyl halides is 1. The maximum absolute atomic E-state index is 2.80. The summed E-state index contributed by atoms with van der Waals surface area (Å²) in [4.78, 5) is 0. The van der Waals surface area contributed by atoms with Crippen LogP contribution in [-0.4, -0.2) is 10.1 Å². The van der Waals surface area contributed by atoms with E-state index in [0.717, 1.165) is 5.66 Å². The monoisotopic (exact) mass is 230 g/mol. The summed E-state index contributed by atoms with van der Waals surface area (Å²) >= 11 is 2.41. The average Bonchev–Trinajstić information content (AvgIpc) is 1.61. The van der Waals surface area contributed by atoms with E-state index in [1.54, 1.807) is 0 Å². The van der Waals surface area contributed by atoms with Crippen molar-refractivity contribution in [2.24, 2.45) is 0 Å². The van der Waals surface area contributed by atoms with E-state index in [0.29, 0.717) is 0 Å². The van der Waals surface area contributed by atoms with Crippen LogP contribution in [-0.2, 0) is 0 Å². The summed E-state index contributed by atoms with van der Waals surface area (Å²) in [6.45, 7) is 2.23. The molecule has 0 aromatic heterocycles. The van der Waals surface area contributed by atoms with Crippen LogP contribution in [0.2, 0.25) is 0 Å². The zero-order valence-corrected chi connectivity index (χ0v) is 7.97. The van der Waals surface area contributed by atoms with E-state index >= 15 is 0 Å². The highest BCUT2D eigenvalue weighted by molar-refractivity contribution is 14.1. The predicted molar refractivity (Wildman–Crippen MR) is 47.3 cm³/mol. The second-order valence-corrected chi connectivity index (χ2v) is 4.03. The highest BCUT2D eigenvalue weighted by Gasteiger charge is 1.89. The van der Waals surface area contributed by atoms with E-state index in [2.05, 4.69) is 38.8 Å². The lowest BCUT2D eigenvalue weighted by atomic mass is 10.3. The molecule has 0 aliphatic carbocycles. The largest absolute Gasteiger partial charge is 0.135 e. The second-order valence-electron chi connectivity index (χ2n) is 1.81. The third-order valence-electron chi connectivity index (χ3n) is 0.793. The minimum absolute atomic E-state index is 0.815. The summed E-state index contributed by atoms with van der Waals surface area (Å²) < 4.78 is 1.30. The Morgan fingerprint density at radius 3 is 2.43 bits per heavy atom. The topological polar surface area (TPSA) is 0 Å². The molecule has 2 heteroatoms. The molecule has 0 fully saturated rings. The van der Waals surface area contributed by atoms with Crippen LogP contribution in [0.15, 0.2) is 0 Å². The molecule has 0 saturated carbocycles. The van der Waals surface area contributed by atoms with Crippen LogP contribution < -0.4 is 0 Å². The Labute approximate surface area is 61.8 Å². The van der Waals surface area contributed by atoms with Gasteiger partial charge in [0.2, 0.25) is 0 Å². The lowest BCUT2D eigenvalue weighted by Crippen LogP contribution is -1.88. The van der Waals surface area contributed by atoms with Crippen LogP contribution in [0, 0.1) is 0 Å². The maximum Gasteiger partial charge on any atom is -0.000451 e. The van der Waals surface area contributed by atoms with Crippen LogP contribution in [0.3, 0.4) is 0 Å². The van der Waals surface area contributed by atoms with Crippen molar-refractivity contribution in [1.29, 1.82) is 0 Å². The van der Waals surface area contributed by atoms with Gasteiger partial charge in [0.15, 0.2) is 0 Å². The van der Waals surface area contributed by atoms with Crippen LogP contribution in [0.25, 0.3) is 0 Å². The Hall–Kier alpha value is 1.16. The molecule has 0 amide bonds. The zero-order valence-electron chi connectivity index (χ0n) is 4.65. The number of halogens is 1. The first kappa shape index (κ1) is 8.16. The highest BCUT2D eigenvalue weighted by Crippen LogP contribution is 2.07. The molecule has 0 aromatic carbocycles. The van der Waals surface area contributed by atoms with E-state index in [9.17, 15) is 0 Å². The standard InChI is InChI=1S/C5H12IP/c1-5(7)3-2-4-6/h5H,2-4,7H2,1H3. The quantitative estimate of drug-likeness (QED) is 0.397. The molecule has 2 unspecified atom stereocenters. The van der Waals surface area contributed by atoms with Gasteiger partial charge in [-0.15, -0.1) is 9.24 Å². The Morgan fingerprint density at radius 1 is 1.71 bits per heavy atom. The number of hydrogen-bond acceptors (Lipinski definition) is 0. The van der Waals surface area contributed by atoms with Gasteiger partial charge in [-0.3, -0.25) is 0 Å². The second kappa shape index (κ2) is 5.30. The molecule has 0 N–H and O–H groups in total. The van der Waals surface area contributed by atoms with Crippen molar-refractivity contribution < 1.29 is 0 Å². The van der Waals surface area contributed by atoms with Gasteiger partial charge in [-0.2, -0.15) is 0 Å². The summed E-state index contributed by atoms with van der Waals surface area (Å²) in [6, 6.07) is 0. The van der Waals surface area contributed by atoms with Crippen molar-refractivity contribution in [3.05, 3.63) is 0 Å². The summed E-state index contributed by atoms with van der Waals surface area (Å²) in [6.07, 6.45) is 2.72. The minimum atomic E-state index is 0.815. The minimum Gasteiger partial charge on any atom is -0.135 e. The van der Waals surface area contributed by atoms with Gasteiger partial charge >= 0.3 is 0 Å². The molecule has 0 heterocycles. The first-order valence-corrected chi connectivity index (χ1v) is 4.78. The average molecular weight is 230 g/mol. The molecular formula is C5H12IP. The van der Waals surface area contributed by atoms with Crippen molar-refractivity contribution in [1.82, 2.24) is 0 Å². The molecule has 2 atom stereocenters. The molecular weight excluding hydrogens is 218 g/mol. The van der Waals surface area contributed by atoms with Crippen molar-refractivity contribution in [3.8, 4) is 0 Å². The van der Waals surface area contributed by atoms with Crippen molar-refractivity contribution >= 4 is 31.8 Å². The molecule has 0 nitrogen and oxygen atoms in total. The zero-order chi connectivity index (χ0) is 5.70. The number of rotatable bonds is 3. The summed E-state index contributed by atoms with van der Waals surface area (Å²) in [5.74, 6) is 0. The first-order valence-electron chi connectivity index (χ1n) is 2.59. The van der Waals surface area contributed by atoms with Crippen molar-refractivity contribution in [2.75, 3.05) is 4.43 Å². The van der Waals surface area contributed by atoms with E-state index in [-0.39, 0.29) is 0 Å². The van der Waals surface area contributed by atoms with Gasteiger partial charge in [0.1, 0.15) is 0 Å². The predicted octanol–water partition coefficient (Wildman–Crippen LogP) is 2.47. The van der Waals surface area contributed by atoms with Gasteiger partial charge in [-0.1, -0.05) is 29.5 Å². The molecule has 7 heavy (non-hydrogen) atoms. The molecule has 0 rings (SSSR count). The van der Waals surface area contributed by atoms with Crippen LogP contribution in [0.4, 0.5) is 0 Å². The van der Waals surface area contributed by atoms with Gasteiger partial charge < -0.3 is 0 Å². The first-order chi connectivity index (χ1) is 3.27. The van der Waals surface area contributed by atoms with Gasteiger partial charge in [-0.05, 0) is 22.9 Å². The van der Waals surface area contributed by atoms with E-state index in [4.69, 9.17) is 0 Å². The summed E-state index contributed by atoms with van der Waals surface area (Å²) in [5.41, 5.74) is 0.815. The normalized spacial score (nSPS) is 14.1. The fraction of sp³-hybridized carbons (Fsp3) is 1.00. The summed E-state index contributed by atoms with van der Waals surface area (Å²) in [7, 11) is 2.80. The molecule has 0 spiro atoms. The van der Waals surface area contributed by atoms with Gasteiger partial charge in [-0.25, -0.2) is 0 Å². The number of hydrogen-bond donors (Lipinski definition) is 0. The molecule has 0 aliphatic heterocycles. The van der Waals surface area contributed by atoms with Crippen LogP contribution in [0.5, 0.6) is 0 Å². The lowest BCUT2D eigenvalue weighted by molar-refractivity contribution is 0.801. The van der Waals surface area contributed by atoms with E-state index in [1.807, 2.05) is 0 Å². The fourth-order valence-electron chi connectivity index (χ4n) is 0.399. The van der Waals surface area contributed by atoms with E-state index < -0.39 is 0 Å². The Kier molecular flexibility index (Phi) is 6.18. The van der Waals surface area contributed by atoms with Gasteiger partial charge in [0.05, 0.1) is 0 Å². The van der Waals surface area contributed by atoms with Crippen molar-refractivity contribution in [3.63, 3.8) is 0 Å².